The molecule has 0 aliphatic carbocycles. The summed E-state index contributed by atoms with van der Waals surface area (Å²) in [5.41, 5.74) is -0.241. The van der Waals surface area contributed by atoms with Gasteiger partial charge in [-0.25, -0.2) is 4.79 Å². The number of alkyl carbamates (subject to hydrolysis) is 1. The number of hydrogen-bond donors (Lipinski definition) is 3. The third kappa shape index (κ3) is 10.1. The molecule has 0 saturated carbocycles. The number of piperidine rings is 2. The third-order valence-corrected chi connectivity index (χ3v) is 6.07. The van der Waals surface area contributed by atoms with Crippen LogP contribution in [-0.4, -0.2) is 92.9 Å². The summed E-state index contributed by atoms with van der Waals surface area (Å²) >= 11 is 0. The van der Waals surface area contributed by atoms with E-state index in [-0.39, 0.29) is 35.6 Å². The third-order valence-electron chi connectivity index (χ3n) is 6.07. The van der Waals surface area contributed by atoms with Crippen LogP contribution in [0.25, 0.3) is 0 Å². The second-order valence-electron chi connectivity index (χ2n) is 9.71. The summed E-state index contributed by atoms with van der Waals surface area (Å²) < 4.78 is 5.25. The number of carbonyl (C=O) groups excluding carboxylic acids is 1. The quantitative estimate of drug-likeness (QED) is 0.195. The summed E-state index contributed by atoms with van der Waals surface area (Å²) in [6.45, 7) is 12.6. The second-order valence-corrected chi connectivity index (χ2v) is 9.71. The molecule has 0 aromatic heterocycles. The maximum atomic E-state index is 11.7. The van der Waals surface area contributed by atoms with Crippen molar-refractivity contribution in [3.63, 3.8) is 0 Å². The van der Waals surface area contributed by atoms with Crippen LogP contribution in [-0.2, 0) is 4.74 Å². The van der Waals surface area contributed by atoms with Gasteiger partial charge in [0.15, 0.2) is 5.96 Å². The molecule has 0 aromatic rings. The molecule has 2 aliphatic heterocycles. The molecule has 2 aliphatic rings. The van der Waals surface area contributed by atoms with Gasteiger partial charge in [-0.1, -0.05) is 6.42 Å². The summed E-state index contributed by atoms with van der Waals surface area (Å²) in [5, 5.41) is 9.76. The van der Waals surface area contributed by atoms with Crippen molar-refractivity contribution in [3.8, 4) is 0 Å². The van der Waals surface area contributed by atoms with Crippen molar-refractivity contribution in [1.82, 2.24) is 25.8 Å². The van der Waals surface area contributed by atoms with Gasteiger partial charge in [0.1, 0.15) is 5.60 Å². The van der Waals surface area contributed by atoms with Crippen LogP contribution in [0.15, 0.2) is 4.99 Å². The molecule has 2 rings (SSSR count). The van der Waals surface area contributed by atoms with Gasteiger partial charge in [0.25, 0.3) is 0 Å². The highest BCUT2D eigenvalue weighted by atomic mass is 127. The molecule has 0 radical (unpaired) electrons. The van der Waals surface area contributed by atoms with Crippen LogP contribution in [0.5, 0.6) is 0 Å². The molecular weight excluding hydrogens is 507 g/mol. The van der Waals surface area contributed by atoms with E-state index in [9.17, 15) is 4.79 Å². The van der Waals surface area contributed by atoms with Gasteiger partial charge in [0.05, 0.1) is 0 Å². The number of hydrogen-bond acceptors (Lipinski definition) is 5. The van der Waals surface area contributed by atoms with Crippen LogP contribution >= 0.6 is 24.0 Å². The van der Waals surface area contributed by atoms with Gasteiger partial charge < -0.3 is 25.6 Å². The average molecular weight is 553 g/mol. The van der Waals surface area contributed by atoms with E-state index in [4.69, 9.17) is 4.74 Å². The fraction of sp³-hybridized carbons (Fsp3) is 0.909. The smallest absolute Gasteiger partial charge is 0.407 e. The van der Waals surface area contributed by atoms with E-state index in [1.807, 2.05) is 27.8 Å². The number of amides is 1. The van der Waals surface area contributed by atoms with Crippen molar-refractivity contribution in [2.24, 2.45) is 4.99 Å². The minimum Gasteiger partial charge on any atom is -0.444 e. The first-order valence-corrected chi connectivity index (χ1v) is 11.6. The Labute approximate surface area is 206 Å². The van der Waals surface area contributed by atoms with Crippen LogP contribution in [0.2, 0.25) is 0 Å². The fourth-order valence-electron chi connectivity index (χ4n) is 4.28. The van der Waals surface area contributed by atoms with Crippen LogP contribution in [0.4, 0.5) is 4.79 Å². The van der Waals surface area contributed by atoms with E-state index < -0.39 is 5.60 Å². The lowest BCUT2D eigenvalue weighted by Gasteiger charge is -2.50. The molecular formula is C22H45IN6O2. The first-order chi connectivity index (χ1) is 14.2. The molecule has 0 unspecified atom stereocenters. The Morgan fingerprint density at radius 1 is 1.00 bits per heavy atom. The first-order valence-electron chi connectivity index (χ1n) is 11.6. The summed E-state index contributed by atoms with van der Waals surface area (Å²) in [4.78, 5) is 21.3. The Hall–Kier alpha value is -0.810. The summed E-state index contributed by atoms with van der Waals surface area (Å²) in [5.74, 6) is 0.836. The van der Waals surface area contributed by atoms with E-state index in [2.05, 4.69) is 37.8 Å². The van der Waals surface area contributed by atoms with E-state index in [1.54, 1.807) is 0 Å². The molecule has 9 heteroatoms. The number of carbonyl (C=O) groups is 1. The minimum atomic E-state index is -0.466. The molecule has 1 amide bonds. The maximum Gasteiger partial charge on any atom is 0.407 e. The highest BCUT2D eigenvalue weighted by molar-refractivity contribution is 14.0. The van der Waals surface area contributed by atoms with E-state index in [0.29, 0.717) is 6.54 Å². The molecule has 182 valence electrons. The van der Waals surface area contributed by atoms with Gasteiger partial charge in [-0.15, -0.1) is 24.0 Å². The second kappa shape index (κ2) is 13.7. The number of rotatable bonds is 7. The number of halogens is 1. The zero-order valence-electron chi connectivity index (χ0n) is 20.3. The summed E-state index contributed by atoms with van der Waals surface area (Å²) in [6, 6.07) is 0. The monoisotopic (exact) mass is 552 g/mol. The molecule has 0 atom stereocenters. The van der Waals surface area contributed by atoms with Gasteiger partial charge in [-0.05, 0) is 86.1 Å². The molecule has 0 spiro atoms. The molecule has 3 N–H and O–H groups in total. The van der Waals surface area contributed by atoms with Crippen molar-refractivity contribution in [2.75, 3.05) is 59.9 Å². The van der Waals surface area contributed by atoms with Crippen molar-refractivity contribution < 1.29 is 9.53 Å². The topological polar surface area (TPSA) is 81.2 Å². The van der Waals surface area contributed by atoms with E-state index >= 15 is 0 Å². The maximum absolute atomic E-state index is 11.7. The largest absolute Gasteiger partial charge is 0.444 e. The lowest BCUT2D eigenvalue weighted by molar-refractivity contribution is 0.0173. The van der Waals surface area contributed by atoms with Crippen molar-refractivity contribution in [2.45, 2.75) is 70.4 Å². The molecule has 2 fully saturated rings. The van der Waals surface area contributed by atoms with Gasteiger partial charge >= 0.3 is 6.09 Å². The summed E-state index contributed by atoms with van der Waals surface area (Å²) in [7, 11) is 4.04. The minimum absolute atomic E-state index is 0. The van der Waals surface area contributed by atoms with Crippen LogP contribution in [0.3, 0.4) is 0 Å². The number of nitrogens with one attached hydrogen (secondary N) is 3. The Morgan fingerprint density at radius 3 is 2.19 bits per heavy atom. The van der Waals surface area contributed by atoms with Crippen LogP contribution in [0, 0.1) is 0 Å². The standard InChI is InChI=1S/C22H44N6O2.HI/c1-21(2,3)30-20(29)25-13-9-12-24-19(23-4)26-18-22(10-16-27(5)17-11-22)28-14-7-6-8-15-28;/h6-18H2,1-5H3,(H,25,29)(H2,23,24,26);1H. The van der Waals surface area contributed by atoms with Gasteiger partial charge in [-0.2, -0.15) is 0 Å². The average Bonchev–Trinajstić information content (AvgIpc) is 2.71. The van der Waals surface area contributed by atoms with Crippen molar-refractivity contribution >= 4 is 36.0 Å². The zero-order chi connectivity index (χ0) is 22.0. The van der Waals surface area contributed by atoms with Gasteiger partial charge in [-0.3, -0.25) is 9.89 Å². The molecule has 2 heterocycles. The Morgan fingerprint density at radius 2 is 1.61 bits per heavy atom. The lowest BCUT2D eigenvalue weighted by Crippen LogP contribution is -2.62. The van der Waals surface area contributed by atoms with E-state index in [0.717, 1.165) is 38.6 Å². The van der Waals surface area contributed by atoms with Crippen molar-refractivity contribution in [3.05, 3.63) is 0 Å². The first kappa shape index (κ1) is 28.2. The number of guanidine groups is 1. The van der Waals surface area contributed by atoms with Crippen molar-refractivity contribution in [1.29, 1.82) is 0 Å². The van der Waals surface area contributed by atoms with Gasteiger partial charge in [0, 0.05) is 32.2 Å². The zero-order valence-corrected chi connectivity index (χ0v) is 22.6. The van der Waals surface area contributed by atoms with Crippen LogP contribution < -0.4 is 16.0 Å². The summed E-state index contributed by atoms with van der Waals surface area (Å²) in [6.07, 6.45) is 6.84. The molecule has 31 heavy (non-hydrogen) atoms. The Kier molecular flexibility index (Phi) is 12.4. The van der Waals surface area contributed by atoms with E-state index in [1.165, 1.54) is 45.2 Å². The highest BCUT2D eigenvalue weighted by Crippen LogP contribution is 2.30. The number of likely N-dealkylation sites (tertiary alicyclic amines) is 2. The lowest BCUT2D eigenvalue weighted by atomic mass is 9.84. The highest BCUT2D eigenvalue weighted by Gasteiger charge is 2.39. The predicted molar refractivity (Wildman–Crippen MR) is 139 cm³/mol. The molecule has 8 nitrogen and oxygen atoms in total. The Balaban J connectivity index is 0.00000480. The number of nitrogens with zero attached hydrogens (tertiary/aromatic N) is 3. The van der Waals surface area contributed by atoms with Gasteiger partial charge in [0.2, 0.25) is 0 Å². The predicted octanol–water partition coefficient (Wildman–Crippen LogP) is 2.63. The molecule has 2 saturated heterocycles. The normalized spacial score (nSPS) is 20.5. The molecule has 0 bridgehead atoms. The number of aliphatic imine (C=N–C) groups is 1. The number of ether oxygens (including phenoxy) is 1. The van der Waals surface area contributed by atoms with Crippen LogP contribution in [0.1, 0.15) is 59.3 Å². The fourth-order valence-corrected chi connectivity index (χ4v) is 4.28. The SMILES string of the molecule is CN=C(NCCCNC(=O)OC(C)(C)C)NCC1(N2CCCCC2)CCN(C)CC1.I. The Bertz CT molecular complexity index is 553. The molecule has 0 aromatic carbocycles.